The molecule has 0 spiro atoms. The predicted molar refractivity (Wildman–Crippen MR) is 51.9 cm³/mol. The van der Waals surface area contributed by atoms with Crippen LogP contribution in [0.25, 0.3) is 0 Å². The summed E-state index contributed by atoms with van der Waals surface area (Å²) in [6.45, 7) is 0.902. The van der Waals surface area contributed by atoms with Crippen molar-refractivity contribution < 1.29 is 22.7 Å². The van der Waals surface area contributed by atoms with Crippen molar-refractivity contribution in [1.29, 1.82) is 0 Å². The second-order valence-electron chi connectivity index (χ2n) is 3.08. The van der Waals surface area contributed by atoms with Crippen LogP contribution in [0.15, 0.2) is 18.2 Å². The molecule has 16 heavy (non-hydrogen) atoms. The van der Waals surface area contributed by atoms with E-state index < -0.39 is 17.7 Å². The van der Waals surface area contributed by atoms with Crippen molar-refractivity contribution >= 4 is 17.6 Å². The molecule has 88 valence electrons. The molecule has 6 heteroatoms. The fourth-order valence-electron chi connectivity index (χ4n) is 1.04. The Hall–Kier alpha value is -1.23. The molecule has 0 radical (unpaired) electrons. The molecule has 1 rings (SSSR count). The Labute approximate surface area is 95.0 Å². The molecule has 0 aliphatic rings. The van der Waals surface area contributed by atoms with Gasteiger partial charge < -0.3 is 4.74 Å². The highest BCUT2D eigenvalue weighted by Crippen LogP contribution is 2.31. The van der Waals surface area contributed by atoms with E-state index >= 15 is 0 Å². The van der Waals surface area contributed by atoms with E-state index in [4.69, 9.17) is 11.6 Å². The van der Waals surface area contributed by atoms with E-state index in [1.807, 2.05) is 0 Å². The van der Waals surface area contributed by atoms with Crippen LogP contribution in [0, 0.1) is 0 Å². The molecular formula is C10H8ClF3O2. The summed E-state index contributed by atoms with van der Waals surface area (Å²) in [5, 5.41) is 0.134. The third-order valence-electron chi connectivity index (χ3n) is 1.80. The van der Waals surface area contributed by atoms with Crippen LogP contribution in [0.4, 0.5) is 13.2 Å². The van der Waals surface area contributed by atoms with Gasteiger partial charge in [-0.25, -0.2) is 0 Å². The molecule has 0 aliphatic carbocycles. The van der Waals surface area contributed by atoms with Gasteiger partial charge in [-0.1, -0.05) is 11.6 Å². The molecule has 0 amide bonds. The highest BCUT2D eigenvalue weighted by molar-refractivity contribution is 6.31. The van der Waals surface area contributed by atoms with Crippen molar-refractivity contribution in [2.75, 3.05) is 0 Å². The van der Waals surface area contributed by atoms with Crippen LogP contribution < -0.4 is 0 Å². The lowest BCUT2D eigenvalue weighted by Crippen LogP contribution is -2.07. The molecule has 2 nitrogen and oxygen atoms in total. The van der Waals surface area contributed by atoms with Crippen LogP contribution >= 0.6 is 11.6 Å². The van der Waals surface area contributed by atoms with E-state index in [0.717, 1.165) is 18.2 Å². The molecule has 0 N–H and O–H groups in total. The summed E-state index contributed by atoms with van der Waals surface area (Å²) >= 11 is 5.67. The van der Waals surface area contributed by atoms with Gasteiger partial charge in [-0.05, 0) is 18.2 Å². The van der Waals surface area contributed by atoms with Crippen LogP contribution in [0.1, 0.15) is 18.1 Å². The van der Waals surface area contributed by atoms with Crippen molar-refractivity contribution in [3.8, 4) is 0 Å². The van der Waals surface area contributed by atoms with Gasteiger partial charge in [0.05, 0.1) is 5.56 Å². The first-order valence-corrected chi connectivity index (χ1v) is 4.67. The summed E-state index contributed by atoms with van der Waals surface area (Å²) < 4.78 is 41.6. The second kappa shape index (κ2) is 4.74. The van der Waals surface area contributed by atoms with E-state index in [0.29, 0.717) is 0 Å². The molecule has 0 unspecified atom stereocenters. The van der Waals surface area contributed by atoms with Crippen LogP contribution in [-0.4, -0.2) is 5.97 Å². The molecule has 0 aromatic heterocycles. The zero-order valence-electron chi connectivity index (χ0n) is 8.27. The minimum atomic E-state index is -4.43. The Morgan fingerprint density at radius 3 is 2.56 bits per heavy atom. The van der Waals surface area contributed by atoms with E-state index in [1.165, 1.54) is 6.92 Å². The third-order valence-corrected chi connectivity index (χ3v) is 2.17. The Morgan fingerprint density at radius 1 is 1.44 bits per heavy atom. The fraction of sp³-hybridized carbons (Fsp3) is 0.300. The van der Waals surface area contributed by atoms with Gasteiger partial charge in [0.1, 0.15) is 6.61 Å². The molecule has 0 fully saturated rings. The van der Waals surface area contributed by atoms with Crippen LogP contribution in [0.2, 0.25) is 5.02 Å². The molecule has 0 aliphatic heterocycles. The maximum absolute atomic E-state index is 12.3. The molecule has 0 saturated heterocycles. The van der Waals surface area contributed by atoms with Crippen molar-refractivity contribution in [2.45, 2.75) is 19.7 Å². The average Bonchev–Trinajstić information content (AvgIpc) is 2.14. The lowest BCUT2D eigenvalue weighted by atomic mass is 10.1. The molecule has 1 aromatic rings. The van der Waals surface area contributed by atoms with E-state index in [1.54, 1.807) is 0 Å². The van der Waals surface area contributed by atoms with Gasteiger partial charge in [0, 0.05) is 17.5 Å². The van der Waals surface area contributed by atoms with Gasteiger partial charge in [-0.15, -0.1) is 0 Å². The van der Waals surface area contributed by atoms with Crippen LogP contribution in [-0.2, 0) is 22.3 Å². The Bertz CT molecular complexity index is 402. The summed E-state index contributed by atoms with van der Waals surface area (Å²) in [4.78, 5) is 10.5. The van der Waals surface area contributed by atoms with Gasteiger partial charge in [0.2, 0.25) is 0 Å². The van der Waals surface area contributed by atoms with Crippen LogP contribution in [0.3, 0.4) is 0 Å². The van der Waals surface area contributed by atoms with E-state index in [2.05, 4.69) is 4.74 Å². The maximum Gasteiger partial charge on any atom is 0.416 e. The number of hydrogen-bond acceptors (Lipinski definition) is 2. The first-order chi connectivity index (χ1) is 7.30. The van der Waals surface area contributed by atoms with Crippen molar-refractivity contribution in [3.63, 3.8) is 0 Å². The molecule has 0 saturated carbocycles. The number of ether oxygens (including phenoxy) is 1. The number of halogens is 4. The van der Waals surface area contributed by atoms with Gasteiger partial charge in [0.15, 0.2) is 0 Å². The monoisotopic (exact) mass is 252 g/mol. The van der Waals surface area contributed by atoms with Gasteiger partial charge >= 0.3 is 12.1 Å². The number of carbonyl (C=O) groups excluding carboxylic acids is 1. The minimum Gasteiger partial charge on any atom is -0.461 e. The summed E-state index contributed by atoms with van der Waals surface area (Å²) in [6.07, 6.45) is -4.43. The van der Waals surface area contributed by atoms with Gasteiger partial charge in [0.25, 0.3) is 0 Å². The SMILES string of the molecule is CC(=O)OCc1cc(C(F)(F)F)ccc1Cl. The van der Waals surface area contributed by atoms with Gasteiger partial charge in [-0.2, -0.15) is 13.2 Å². The molecule has 0 bridgehead atoms. The number of hydrogen-bond donors (Lipinski definition) is 0. The average molecular weight is 253 g/mol. The Balaban J connectivity index is 2.95. The largest absolute Gasteiger partial charge is 0.461 e. The number of carbonyl (C=O) groups is 1. The number of alkyl halides is 3. The van der Waals surface area contributed by atoms with Crippen molar-refractivity contribution in [1.82, 2.24) is 0 Å². The number of rotatable bonds is 2. The van der Waals surface area contributed by atoms with Crippen molar-refractivity contribution in [2.24, 2.45) is 0 Å². The Morgan fingerprint density at radius 2 is 2.06 bits per heavy atom. The number of benzene rings is 1. The molecule has 1 aromatic carbocycles. The lowest BCUT2D eigenvalue weighted by molar-refractivity contribution is -0.142. The normalized spacial score (nSPS) is 11.3. The molecule has 0 heterocycles. The summed E-state index contributed by atoms with van der Waals surface area (Å²) in [7, 11) is 0. The standard InChI is InChI=1S/C10H8ClF3O2/c1-6(15)16-5-7-4-8(10(12,13)14)2-3-9(7)11/h2-4H,5H2,1H3. The van der Waals surface area contributed by atoms with E-state index in [9.17, 15) is 18.0 Å². The first kappa shape index (κ1) is 12.8. The number of esters is 1. The van der Waals surface area contributed by atoms with Crippen LogP contribution in [0.5, 0.6) is 0 Å². The zero-order chi connectivity index (χ0) is 12.3. The quantitative estimate of drug-likeness (QED) is 0.754. The zero-order valence-corrected chi connectivity index (χ0v) is 9.02. The lowest BCUT2D eigenvalue weighted by Gasteiger charge is -2.10. The molecule has 0 atom stereocenters. The van der Waals surface area contributed by atoms with Gasteiger partial charge in [-0.3, -0.25) is 4.79 Å². The summed E-state index contributed by atoms with van der Waals surface area (Å²) in [5.41, 5.74) is -0.689. The highest BCUT2D eigenvalue weighted by Gasteiger charge is 2.30. The fourth-order valence-corrected chi connectivity index (χ4v) is 1.21. The molecular weight excluding hydrogens is 245 g/mol. The van der Waals surface area contributed by atoms with Crippen molar-refractivity contribution in [3.05, 3.63) is 34.3 Å². The minimum absolute atomic E-state index is 0.131. The summed E-state index contributed by atoms with van der Waals surface area (Å²) in [5.74, 6) is -0.575. The third kappa shape index (κ3) is 3.41. The maximum atomic E-state index is 12.3. The predicted octanol–water partition coefficient (Wildman–Crippen LogP) is 3.42. The highest BCUT2D eigenvalue weighted by atomic mass is 35.5. The smallest absolute Gasteiger partial charge is 0.416 e. The topological polar surface area (TPSA) is 26.3 Å². The second-order valence-corrected chi connectivity index (χ2v) is 3.49. The Kier molecular flexibility index (Phi) is 3.80. The van der Waals surface area contributed by atoms with E-state index in [-0.39, 0.29) is 17.2 Å². The summed E-state index contributed by atoms with van der Waals surface area (Å²) in [6, 6.07) is 2.87. The first-order valence-electron chi connectivity index (χ1n) is 4.29.